The molecule has 3 nitrogen and oxygen atoms in total. The maximum Gasteiger partial charge on any atom is 0.225 e. The van der Waals surface area contributed by atoms with Gasteiger partial charge in [0.25, 0.3) is 0 Å². The van der Waals surface area contributed by atoms with Crippen molar-refractivity contribution in [3.05, 3.63) is 0 Å². The van der Waals surface area contributed by atoms with E-state index in [1.54, 1.807) is 0 Å². The number of rotatable bonds is 8. The third-order valence-corrected chi connectivity index (χ3v) is 3.39. The van der Waals surface area contributed by atoms with E-state index >= 15 is 0 Å². The van der Waals surface area contributed by atoms with Crippen molar-refractivity contribution in [1.82, 2.24) is 4.90 Å². The summed E-state index contributed by atoms with van der Waals surface area (Å²) in [5, 5.41) is 0. The molecule has 1 saturated carbocycles. The maximum absolute atomic E-state index is 12.3. The molecule has 0 aromatic heterocycles. The van der Waals surface area contributed by atoms with Gasteiger partial charge >= 0.3 is 0 Å². The highest BCUT2D eigenvalue weighted by molar-refractivity contribution is 5.79. The van der Waals surface area contributed by atoms with Gasteiger partial charge in [-0.2, -0.15) is 0 Å². The second-order valence-electron chi connectivity index (χ2n) is 4.80. The highest BCUT2D eigenvalue weighted by Gasteiger charge is 2.34. The lowest BCUT2D eigenvalue weighted by Crippen LogP contribution is -2.40. The fourth-order valence-electron chi connectivity index (χ4n) is 2.19. The summed E-state index contributed by atoms with van der Waals surface area (Å²) in [4.78, 5) is 14.4. The molecule has 3 heteroatoms. The van der Waals surface area contributed by atoms with Crippen molar-refractivity contribution in [3.63, 3.8) is 0 Å². The molecule has 2 N–H and O–H groups in total. The summed E-state index contributed by atoms with van der Waals surface area (Å²) in [6.45, 7) is 5.63. The lowest BCUT2D eigenvalue weighted by Gasteiger charge is -2.26. The molecule has 94 valence electrons. The Morgan fingerprint density at radius 1 is 1.44 bits per heavy atom. The average Bonchev–Trinajstić information content (AvgIpc) is 3.10. The van der Waals surface area contributed by atoms with E-state index in [4.69, 9.17) is 5.73 Å². The SMILES string of the molecule is CCCCC(CC)C(=O)N(CCN)C1CC1. The number of amides is 1. The number of hydrogen-bond acceptors (Lipinski definition) is 2. The Morgan fingerprint density at radius 3 is 2.56 bits per heavy atom. The van der Waals surface area contributed by atoms with Crippen LogP contribution in [0.2, 0.25) is 0 Å². The van der Waals surface area contributed by atoms with Crippen molar-refractivity contribution < 1.29 is 4.79 Å². The predicted octanol–water partition coefficient (Wildman–Crippen LogP) is 2.15. The molecular formula is C13H26N2O. The van der Waals surface area contributed by atoms with Crippen LogP contribution >= 0.6 is 0 Å². The topological polar surface area (TPSA) is 46.3 Å². The first kappa shape index (κ1) is 13.5. The Labute approximate surface area is 99.4 Å². The summed E-state index contributed by atoms with van der Waals surface area (Å²) in [5.41, 5.74) is 5.58. The summed E-state index contributed by atoms with van der Waals surface area (Å²) in [7, 11) is 0. The van der Waals surface area contributed by atoms with Crippen molar-refractivity contribution in [2.75, 3.05) is 13.1 Å². The maximum atomic E-state index is 12.3. The molecule has 0 aromatic rings. The Balaban J connectivity index is 2.48. The number of unbranched alkanes of at least 4 members (excludes halogenated alkanes) is 1. The molecule has 1 aliphatic rings. The predicted molar refractivity (Wildman–Crippen MR) is 67.1 cm³/mol. The zero-order valence-electron chi connectivity index (χ0n) is 10.7. The van der Waals surface area contributed by atoms with Crippen LogP contribution in [0.1, 0.15) is 52.4 Å². The molecule has 0 radical (unpaired) electrons. The molecule has 1 unspecified atom stereocenters. The van der Waals surface area contributed by atoms with Crippen molar-refractivity contribution in [2.24, 2.45) is 11.7 Å². The molecule has 0 aromatic carbocycles. The minimum Gasteiger partial charge on any atom is -0.338 e. The van der Waals surface area contributed by atoms with Gasteiger partial charge < -0.3 is 10.6 Å². The van der Waals surface area contributed by atoms with Gasteiger partial charge in [-0.1, -0.05) is 26.7 Å². The van der Waals surface area contributed by atoms with Crippen LogP contribution in [0.15, 0.2) is 0 Å². The smallest absolute Gasteiger partial charge is 0.225 e. The summed E-state index contributed by atoms with van der Waals surface area (Å²) in [5.74, 6) is 0.580. The van der Waals surface area contributed by atoms with Gasteiger partial charge in [-0.05, 0) is 25.7 Å². The molecule has 0 saturated heterocycles. The fourth-order valence-corrected chi connectivity index (χ4v) is 2.19. The van der Waals surface area contributed by atoms with E-state index in [0.29, 0.717) is 18.5 Å². The molecular weight excluding hydrogens is 200 g/mol. The van der Waals surface area contributed by atoms with Gasteiger partial charge in [-0.25, -0.2) is 0 Å². The second-order valence-corrected chi connectivity index (χ2v) is 4.80. The molecule has 1 amide bonds. The van der Waals surface area contributed by atoms with Crippen LogP contribution < -0.4 is 5.73 Å². The third-order valence-electron chi connectivity index (χ3n) is 3.39. The molecule has 0 spiro atoms. The van der Waals surface area contributed by atoms with Crippen LogP contribution in [0, 0.1) is 5.92 Å². The average molecular weight is 226 g/mol. The van der Waals surface area contributed by atoms with Crippen LogP contribution in [0.3, 0.4) is 0 Å². The molecule has 0 heterocycles. The van der Waals surface area contributed by atoms with Gasteiger partial charge in [-0.3, -0.25) is 4.79 Å². The molecule has 1 atom stereocenters. The second kappa shape index (κ2) is 6.89. The van der Waals surface area contributed by atoms with Crippen molar-refractivity contribution in [2.45, 2.75) is 58.4 Å². The minimum atomic E-state index is 0.229. The first-order valence-electron chi connectivity index (χ1n) is 6.75. The van der Waals surface area contributed by atoms with Crippen LogP contribution in [0.5, 0.6) is 0 Å². The van der Waals surface area contributed by atoms with E-state index in [2.05, 4.69) is 13.8 Å². The third kappa shape index (κ3) is 3.78. The molecule has 1 rings (SSSR count). The van der Waals surface area contributed by atoms with E-state index < -0.39 is 0 Å². The van der Waals surface area contributed by atoms with Gasteiger partial charge in [0.1, 0.15) is 0 Å². The molecule has 16 heavy (non-hydrogen) atoms. The zero-order valence-corrected chi connectivity index (χ0v) is 10.7. The standard InChI is InChI=1S/C13H26N2O/c1-3-5-6-11(4-2)13(16)15(10-9-14)12-7-8-12/h11-12H,3-10,14H2,1-2H3. The molecule has 0 bridgehead atoms. The van der Waals surface area contributed by atoms with Gasteiger partial charge in [0.15, 0.2) is 0 Å². The number of hydrogen-bond donors (Lipinski definition) is 1. The van der Waals surface area contributed by atoms with Crippen molar-refractivity contribution in [1.29, 1.82) is 0 Å². The zero-order chi connectivity index (χ0) is 12.0. The van der Waals surface area contributed by atoms with E-state index in [0.717, 1.165) is 25.8 Å². The summed E-state index contributed by atoms with van der Waals surface area (Å²) >= 11 is 0. The normalized spacial score (nSPS) is 17.2. The van der Waals surface area contributed by atoms with Gasteiger partial charge in [0, 0.05) is 25.0 Å². The van der Waals surface area contributed by atoms with Gasteiger partial charge in [0.2, 0.25) is 5.91 Å². The number of nitrogens with two attached hydrogens (primary N) is 1. The summed E-state index contributed by atoms with van der Waals surface area (Å²) in [6.07, 6.45) is 6.69. The Hall–Kier alpha value is -0.570. The number of carbonyl (C=O) groups excluding carboxylic acids is 1. The lowest BCUT2D eigenvalue weighted by atomic mass is 9.97. The lowest BCUT2D eigenvalue weighted by molar-refractivity contribution is -0.136. The van der Waals surface area contributed by atoms with Crippen LogP contribution in [-0.2, 0) is 4.79 Å². The number of carbonyl (C=O) groups is 1. The highest BCUT2D eigenvalue weighted by atomic mass is 16.2. The highest BCUT2D eigenvalue weighted by Crippen LogP contribution is 2.29. The largest absolute Gasteiger partial charge is 0.338 e. The van der Waals surface area contributed by atoms with Crippen LogP contribution in [0.25, 0.3) is 0 Å². The number of nitrogens with zero attached hydrogens (tertiary/aromatic N) is 1. The first-order valence-corrected chi connectivity index (χ1v) is 6.75. The van der Waals surface area contributed by atoms with E-state index in [9.17, 15) is 4.79 Å². The van der Waals surface area contributed by atoms with Crippen LogP contribution in [0.4, 0.5) is 0 Å². The van der Waals surface area contributed by atoms with E-state index in [-0.39, 0.29) is 5.92 Å². The first-order chi connectivity index (χ1) is 7.74. The van der Waals surface area contributed by atoms with Crippen molar-refractivity contribution in [3.8, 4) is 0 Å². The van der Waals surface area contributed by atoms with Gasteiger partial charge in [0.05, 0.1) is 0 Å². The summed E-state index contributed by atoms with van der Waals surface area (Å²) < 4.78 is 0. The van der Waals surface area contributed by atoms with Crippen molar-refractivity contribution >= 4 is 5.91 Å². The molecule has 1 aliphatic carbocycles. The Kier molecular flexibility index (Phi) is 5.81. The monoisotopic (exact) mass is 226 g/mol. The van der Waals surface area contributed by atoms with Crippen LogP contribution in [-0.4, -0.2) is 29.9 Å². The van der Waals surface area contributed by atoms with E-state index in [1.807, 2.05) is 4.90 Å². The van der Waals surface area contributed by atoms with E-state index in [1.165, 1.54) is 19.3 Å². The van der Waals surface area contributed by atoms with Gasteiger partial charge in [-0.15, -0.1) is 0 Å². The molecule has 0 aliphatic heterocycles. The molecule has 1 fully saturated rings. The Morgan fingerprint density at radius 2 is 2.12 bits per heavy atom. The summed E-state index contributed by atoms with van der Waals surface area (Å²) in [6, 6.07) is 0.506. The quantitative estimate of drug-likeness (QED) is 0.689. The minimum absolute atomic E-state index is 0.229. The Bertz CT molecular complexity index is 214. The fraction of sp³-hybridized carbons (Fsp3) is 0.923.